The third kappa shape index (κ3) is 9.37. The van der Waals surface area contributed by atoms with E-state index in [9.17, 15) is 0 Å². The van der Waals surface area contributed by atoms with Crippen molar-refractivity contribution >= 4 is 54.2 Å². The van der Waals surface area contributed by atoms with E-state index in [1.807, 2.05) is 92.0 Å². The van der Waals surface area contributed by atoms with Gasteiger partial charge in [0.25, 0.3) is 0 Å². The second kappa shape index (κ2) is 15.8. The average molecular weight is 787 g/mol. The molecule has 286 valence electrons. The maximum atomic E-state index is 6.04. The van der Waals surface area contributed by atoms with Crippen molar-refractivity contribution in [1.82, 2.24) is 9.97 Å². The van der Waals surface area contributed by atoms with Crippen LogP contribution in [-0.2, 0) is 37.4 Å². The smallest absolute Gasteiger partial charge is 0.405 e. The number of ether oxygens (including phenoxy) is 2. The van der Waals surface area contributed by atoms with Crippen LogP contribution in [0.5, 0.6) is 0 Å². The molecular weight excluding hydrogens is 729 g/mol. The number of hydrogen-bond donors (Lipinski definition) is 0. The van der Waals surface area contributed by atoms with E-state index in [0.717, 1.165) is 74.2 Å². The molecule has 0 spiro atoms. The summed E-state index contributed by atoms with van der Waals surface area (Å²) < 4.78 is 47.6. The minimum Gasteiger partial charge on any atom is -0.405 e. The maximum Gasteiger partial charge on any atom is 0.496 e. The van der Waals surface area contributed by atoms with E-state index in [1.165, 1.54) is 0 Å². The van der Waals surface area contributed by atoms with E-state index < -0.39 is 14.0 Å². The summed E-state index contributed by atoms with van der Waals surface area (Å²) in [5, 5.41) is 0. The standard InChI is InChI=1S/C15H23BN2O3.C12H24B2O4.C9H11BrN2O/c1-14(2)15(3,4)21-16(20-14)12-5-6-13(17-11-12)18-7-9-19-10-8-18;1-9(2)10(3,4)16-13(15-9)14-17-11(5,6)12(7,8)18-14;10-8-1-2-9(11-7-8)12-3-5-13-6-4-12/h5-6,11H,7-10H2,1-4H3;1-8H3;1-2,7H,3-6H2. The van der Waals surface area contributed by atoms with Crippen LogP contribution in [0.15, 0.2) is 41.1 Å². The van der Waals surface area contributed by atoms with Gasteiger partial charge in [0.2, 0.25) is 0 Å². The van der Waals surface area contributed by atoms with Crippen molar-refractivity contribution in [1.29, 1.82) is 0 Å². The van der Waals surface area contributed by atoms with E-state index in [4.69, 9.17) is 37.4 Å². The molecule has 0 unspecified atom stereocenters. The Morgan fingerprint density at radius 2 is 0.846 bits per heavy atom. The minimum atomic E-state index is -0.476. The molecule has 5 fully saturated rings. The Bertz CT molecular complexity index is 1390. The Morgan fingerprint density at radius 3 is 1.17 bits per heavy atom. The second-order valence-electron chi connectivity index (χ2n) is 16.8. The number of morpholine rings is 2. The van der Waals surface area contributed by atoms with Crippen molar-refractivity contribution in [2.75, 3.05) is 62.4 Å². The lowest BCUT2D eigenvalue weighted by Crippen LogP contribution is -2.41. The van der Waals surface area contributed by atoms with Crippen molar-refractivity contribution in [2.45, 2.75) is 117 Å². The van der Waals surface area contributed by atoms with Crippen LogP contribution >= 0.6 is 15.9 Å². The monoisotopic (exact) mass is 786 g/mol. The molecule has 0 radical (unpaired) electrons. The summed E-state index contributed by atoms with van der Waals surface area (Å²) in [7, 11) is -1.30. The quantitative estimate of drug-likeness (QED) is 0.383. The van der Waals surface area contributed by atoms with Gasteiger partial charge in [-0.15, -0.1) is 0 Å². The lowest BCUT2D eigenvalue weighted by Gasteiger charge is -2.32. The zero-order chi connectivity index (χ0) is 38.2. The number of rotatable bonds is 4. The van der Waals surface area contributed by atoms with Gasteiger partial charge in [-0.1, -0.05) is 6.07 Å². The summed E-state index contributed by atoms with van der Waals surface area (Å²) in [6.07, 6.45) is 3.68. The first-order valence-corrected chi connectivity index (χ1v) is 19.2. The van der Waals surface area contributed by atoms with E-state index >= 15 is 0 Å². The van der Waals surface area contributed by atoms with Gasteiger partial charge in [0.05, 0.1) is 60.0 Å². The molecule has 5 aliphatic rings. The van der Waals surface area contributed by atoms with Gasteiger partial charge >= 0.3 is 21.1 Å². The fourth-order valence-electron chi connectivity index (χ4n) is 5.84. The predicted molar refractivity (Wildman–Crippen MR) is 210 cm³/mol. The molecule has 16 heteroatoms. The molecule has 2 aromatic rings. The fourth-order valence-corrected chi connectivity index (χ4v) is 6.08. The van der Waals surface area contributed by atoms with Crippen LogP contribution < -0.4 is 15.3 Å². The van der Waals surface area contributed by atoms with Gasteiger partial charge in [0.15, 0.2) is 0 Å². The molecule has 2 aromatic heterocycles. The van der Waals surface area contributed by atoms with Crippen molar-refractivity contribution in [3.05, 3.63) is 41.1 Å². The van der Waals surface area contributed by atoms with Crippen molar-refractivity contribution < 1.29 is 37.4 Å². The first-order chi connectivity index (χ1) is 24.1. The van der Waals surface area contributed by atoms with Gasteiger partial charge in [-0.05, 0) is 117 Å². The van der Waals surface area contributed by atoms with Gasteiger partial charge in [-0.3, -0.25) is 0 Å². The second-order valence-corrected chi connectivity index (χ2v) is 17.7. The predicted octanol–water partition coefficient (Wildman–Crippen LogP) is 5.15. The topological polar surface area (TPSA) is 106 Å². The van der Waals surface area contributed by atoms with Crippen LogP contribution in [0.3, 0.4) is 0 Å². The SMILES string of the molecule is Brc1ccc(N2CCOCC2)nc1.CC1(C)OB(B2OC(C)(C)C(C)(C)O2)OC1(C)C.CC1(C)OB(c2ccc(N3CCOCC3)nc2)OC1(C)C. The molecule has 5 saturated heterocycles. The lowest BCUT2D eigenvalue weighted by atomic mass is 9.49. The molecule has 0 atom stereocenters. The largest absolute Gasteiger partial charge is 0.496 e. The maximum absolute atomic E-state index is 6.04. The van der Waals surface area contributed by atoms with Gasteiger partial charge in [-0.25, -0.2) is 9.97 Å². The zero-order valence-corrected chi connectivity index (χ0v) is 34.9. The fraction of sp³-hybridized carbons (Fsp3) is 0.722. The normalized spacial score (nSPS) is 25.3. The van der Waals surface area contributed by atoms with E-state index in [2.05, 4.69) is 63.4 Å². The highest BCUT2D eigenvalue weighted by Crippen LogP contribution is 2.43. The molecule has 7 rings (SSSR count). The molecular formula is C36H58B3BrN4O8. The summed E-state index contributed by atoms with van der Waals surface area (Å²) in [4.78, 5) is 13.3. The summed E-state index contributed by atoms with van der Waals surface area (Å²) in [6.45, 7) is 31.2. The molecule has 12 nitrogen and oxygen atoms in total. The van der Waals surface area contributed by atoms with E-state index in [-0.39, 0.29) is 40.7 Å². The van der Waals surface area contributed by atoms with Crippen LogP contribution in [-0.4, -0.2) is 117 Å². The molecule has 0 saturated carbocycles. The van der Waals surface area contributed by atoms with Crippen LogP contribution in [0.25, 0.3) is 0 Å². The molecule has 0 N–H and O–H groups in total. The van der Waals surface area contributed by atoms with E-state index in [1.54, 1.807) is 0 Å². The Morgan fingerprint density at radius 1 is 0.500 bits per heavy atom. The summed E-state index contributed by atoms with van der Waals surface area (Å²) in [5.74, 6) is 2.02. The first kappa shape index (κ1) is 41.4. The average Bonchev–Trinajstić information content (AvgIpc) is 3.55. The van der Waals surface area contributed by atoms with Gasteiger partial charge in [-0.2, -0.15) is 0 Å². The number of pyridine rings is 2. The molecule has 7 heterocycles. The number of halogens is 1. The Labute approximate surface area is 320 Å². The van der Waals surface area contributed by atoms with Gasteiger partial charge < -0.3 is 47.2 Å². The van der Waals surface area contributed by atoms with Crippen LogP contribution in [0.4, 0.5) is 11.6 Å². The highest BCUT2D eigenvalue weighted by Gasteiger charge is 2.63. The number of aromatic nitrogens is 2. The van der Waals surface area contributed by atoms with Crippen molar-refractivity contribution in [3.8, 4) is 0 Å². The van der Waals surface area contributed by atoms with Crippen LogP contribution in [0.2, 0.25) is 0 Å². The van der Waals surface area contributed by atoms with Crippen molar-refractivity contribution in [3.63, 3.8) is 0 Å². The van der Waals surface area contributed by atoms with Gasteiger partial charge in [0, 0.05) is 48.5 Å². The molecule has 5 aliphatic heterocycles. The molecule has 0 aromatic carbocycles. The summed E-state index contributed by atoms with van der Waals surface area (Å²) >= 11 is 3.36. The molecule has 52 heavy (non-hydrogen) atoms. The minimum absolute atomic E-state index is 0.319. The summed E-state index contributed by atoms with van der Waals surface area (Å²) in [6, 6.07) is 8.11. The highest BCUT2D eigenvalue weighted by molar-refractivity contribution is 9.10. The first-order valence-electron chi connectivity index (χ1n) is 18.4. The van der Waals surface area contributed by atoms with Crippen molar-refractivity contribution in [2.24, 2.45) is 0 Å². The molecule has 0 bridgehead atoms. The van der Waals surface area contributed by atoms with Crippen LogP contribution in [0, 0.1) is 0 Å². The lowest BCUT2D eigenvalue weighted by molar-refractivity contribution is 0.00578. The zero-order valence-electron chi connectivity index (χ0n) is 33.3. The van der Waals surface area contributed by atoms with Gasteiger partial charge in [0.1, 0.15) is 11.6 Å². The Balaban J connectivity index is 0.000000155. The molecule has 0 aliphatic carbocycles. The molecule has 0 amide bonds. The Kier molecular flexibility index (Phi) is 12.6. The number of hydrogen-bond acceptors (Lipinski definition) is 12. The van der Waals surface area contributed by atoms with Crippen LogP contribution in [0.1, 0.15) is 83.1 Å². The number of anilines is 2. The summed E-state index contributed by atoms with van der Waals surface area (Å²) in [5.41, 5.74) is -1.11. The highest BCUT2D eigenvalue weighted by atomic mass is 79.9. The number of nitrogens with zero attached hydrogens (tertiary/aromatic N) is 4. The van der Waals surface area contributed by atoms with E-state index in [0.29, 0.717) is 0 Å². The third-order valence-corrected chi connectivity index (χ3v) is 11.9. The third-order valence-electron chi connectivity index (χ3n) is 11.4. The Hall–Kier alpha value is -1.75.